The van der Waals surface area contributed by atoms with E-state index in [1.165, 1.54) is 0 Å². The van der Waals surface area contributed by atoms with Crippen LogP contribution >= 0.6 is 11.3 Å². The van der Waals surface area contributed by atoms with Crippen molar-refractivity contribution in [3.05, 3.63) is 75.9 Å². The van der Waals surface area contributed by atoms with E-state index in [1.54, 1.807) is 35.6 Å². The molecule has 1 aliphatic heterocycles. The lowest BCUT2D eigenvalue weighted by atomic mass is 10.0. The number of carbonyl (C=O) groups is 2. The first-order valence-electron chi connectivity index (χ1n) is 7.71. The van der Waals surface area contributed by atoms with Crippen molar-refractivity contribution in [3.63, 3.8) is 0 Å². The quantitative estimate of drug-likeness (QED) is 0.833. The van der Waals surface area contributed by atoms with Gasteiger partial charge in [-0.3, -0.25) is 9.59 Å². The minimum Gasteiger partial charge on any atom is -0.508 e. The van der Waals surface area contributed by atoms with Crippen molar-refractivity contribution < 1.29 is 19.4 Å². The van der Waals surface area contributed by atoms with E-state index in [4.69, 9.17) is 4.74 Å². The summed E-state index contributed by atoms with van der Waals surface area (Å²) < 4.78 is 5.06. The highest BCUT2D eigenvalue weighted by molar-refractivity contribution is 7.10. The Kier molecular flexibility index (Phi) is 5.00. The van der Waals surface area contributed by atoms with Gasteiger partial charge in [-0.1, -0.05) is 24.8 Å². The Labute approximate surface area is 149 Å². The molecule has 1 amide bonds. The molecule has 0 unspecified atom stereocenters. The molecule has 25 heavy (non-hydrogen) atoms. The zero-order chi connectivity index (χ0) is 17.8. The second kappa shape index (κ2) is 7.36. The minimum atomic E-state index is -0.241. The number of Topliss-reactive ketones (excluding diaryl/α,β-unsaturated/α-hetero) is 1. The van der Waals surface area contributed by atoms with Crippen molar-refractivity contribution in [3.8, 4) is 0 Å². The Morgan fingerprint density at radius 3 is 2.56 bits per heavy atom. The number of thiophene rings is 1. The average molecular weight is 355 g/mol. The van der Waals surface area contributed by atoms with Crippen LogP contribution in [0.2, 0.25) is 0 Å². The third-order valence-corrected chi connectivity index (χ3v) is 4.62. The molecule has 1 aliphatic rings. The molecule has 2 N–H and O–H groups in total. The molecule has 0 saturated heterocycles. The van der Waals surface area contributed by atoms with Gasteiger partial charge in [0.15, 0.2) is 5.78 Å². The minimum absolute atomic E-state index is 0.00484. The third kappa shape index (κ3) is 4.16. The molecular weight excluding hydrogens is 338 g/mol. The van der Waals surface area contributed by atoms with Gasteiger partial charge in [-0.25, -0.2) is 0 Å². The van der Waals surface area contributed by atoms with Gasteiger partial charge in [0, 0.05) is 17.0 Å². The van der Waals surface area contributed by atoms with Crippen LogP contribution in [0.1, 0.15) is 10.4 Å². The zero-order valence-corrected chi connectivity index (χ0v) is 14.3. The van der Waals surface area contributed by atoms with Gasteiger partial charge in [-0.15, -0.1) is 11.3 Å². The Morgan fingerprint density at radius 1 is 1.20 bits per heavy atom. The topological polar surface area (TPSA) is 75.6 Å². The van der Waals surface area contributed by atoms with E-state index in [1.807, 2.05) is 17.5 Å². The summed E-state index contributed by atoms with van der Waals surface area (Å²) in [4.78, 5) is 25.2. The summed E-state index contributed by atoms with van der Waals surface area (Å²) in [5, 5.41) is 14.4. The van der Waals surface area contributed by atoms with Gasteiger partial charge in [-0.2, -0.15) is 0 Å². The maximum Gasteiger partial charge on any atom is 0.229 e. The number of hydrogen-bond acceptors (Lipinski definition) is 5. The van der Waals surface area contributed by atoms with Crippen molar-refractivity contribution in [2.75, 3.05) is 11.9 Å². The summed E-state index contributed by atoms with van der Waals surface area (Å²) in [6.45, 7) is 3.61. The molecule has 3 rings (SSSR count). The molecule has 1 aromatic carbocycles. The number of aliphatic hydroxyl groups excluding tert-OH is 1. The van der Waals surface area contributed by atoms with Gasteiger partial charge in [0.2, 0.25) is 5.91 Å². The highest BCUT2D eigenvalue weighted by Gasteiger charge is 2.25. The van der Waals surface area contributed by atoms with Crippen molar-refractivity contribution in [1.29, 1.82) is 0 Å². The van der Waals surface area contributed by atoms with Crippen LogP contribution < -0.4 is 5.32 Å². The number of ketones is 1. The average Bonchev–Trinajstić information content (AvgIpc) is 3.19. The van der Waals surface area contributed by atoms with Gasteiger partial charge in [0.25, 0.3) is 0 Å². The number of nitrogens with one attached hydrogen (secondary N) is 1. The second-order valence-corrected chi connectivity index (χ2v) is 6.67. The van der Waals surface area contributed by atoms with Crippen LogP contribution in [0.5, 0.6) is 0 Å². The maximum atomic E-state index is 12.2. The summed E-state index contributed by atoms with van der Waals surface area (Å²) in [6, 6.07) is 10.9. The van der Waals surface area contributed by atoms with E-state index >= 15 is 0 Å². The Hall–Kier alpha value is -2.86. The van der Waals surface area contributed by atoms with Crippen LogP contribution in [0.3, 0.4) is 0 Å². The molecule has 128 valence electrons. The lowest BCUT2D eigenvalue weighted by Crippen LogP contribution is -2.13. The van der Waals surface area contributed by atoms with Crippen molar-refractivity contribution >= 4 is 28.7 Å². The highest BCUT2D eigenvalue weighted by Crippen LogP contribution is 2.24. The lowest BCUT2D eigenvalue weighted by molar-refractivity contribution is -0.116. The SMILES string of the molecule is C=C1OCC(O)=C1C(=O)Cc1ccc(NC(=O)Cc2cccs2)cc1. The molecule has 0 radical (unpaired) electrons. The Balaban J connectivity index is 1.59. The van der Waals surface area contributed by atoms with E-state index in [9.17, 15) is 14.7 Å². The van der Waals surface area contributed by atoms with Crippen LogP contribution in [0.15, 0.2) is 65.4 Å². The second-order valence-electron chi connectivity index (χ2n) is 5.63. The lowest BCUT2D eigenvalue weighted by Gasteiger charge is -2.07. The van der Waals surface area contributed by atoms with E-state index in [0.717, 1.165) is 10.4 Å². The molecule has 5 nitrogen and oxygen atoms in total. The summed E-state index contributed by atoms with van der Waals surface area (Å²) in [6.07, 6.45) is 0.471. The molecule has 6 heteroatoms. The van der Waals surface area contributed by atoms with Crippen LogP contribution in [-0.4, -0.2) is 23.4 Å². The number of anilines is 1. The first-order valence-corrected chi connectivity index (χ1v) is 8.59. The van der Waals surface area contributed by atoms with E-state index in [2.05, 4.69) is 11.9 Å². The predicted molar refractivity (Wildman–Crippen MR) is 96.6 cm³/mol. The summed E-state index contributed by atoms with van der Waals surface area (Å²) in [5.74, 6) is -0.192. The van der Waals surface area contributed by atoms with Gasteiger partial charge in [-0.05, 0) is 29.1 Å². The number of allylic oxidation sites excluding steroid dienone is 1. The summed E-state index contributed by atoms with van der Waals surface area (Å²) in [7, 11) is 0. The fourth-order valence-corrected chi connectivity index (χ4v) is 3.24. The number of aliphatic hydroxyl groups is 1. The van der Waals surface area contributed by atoms with Crippen molar-refractivity contribution in [2.24, 2.45) is 0 Å². The van der Waals surface area contributed by atoms with Gasteiger partial charge >= 0.3 is 0 Å². The summed E-state index contributed by atoms with van der Waals surface area (Å²) in [5.41, 5.74) is 1.61. The maximum absolute atomic E-state index is 12.2. The standard InChI is InChI=1S/C19H17NO4S/c1-12-19(17(22)11-24-12)16(21)9-13-4-6-14(7-5-13)20-18(23)10-15-3-2-8-25-15/h2-8,22H,1,9-11H2,(H,20,23). The first-order chi connectivity index (χ1) is 12.0. The largest absolute Gasteiger partial charge is 0.508 e. The number of benzene rings is 1. The van der Waals surface area contributed by atoms with Crippen LogP contribution in [0, 0.1) is 0 Å². The molecule has 0 spiro atoms. The number of hydrogen-bond donors (Lipinski definition) is 2. The van der Waals surface area contributed by atoms with Crippen LogP contribution in [0.4, 0.5) is 5.69 Å². The molecule has 1 aromatic heterocycles. The highest BCUT2D eigenvalue weighted by atomic mass is 32.1. The normalized spacial score (nSPS) is 13.7. The molecule has 0 fully saturated rings. The Morgan fingerprint density at radius 2 is 1.96 bits per heavy atom. The fourth-order valence-electron chi connectivity index (χ4n) is 2.53. The number of ether oxygens (including phenoxy) is 1. The zero-order valence-electron chi connectivity index (χ0n) is 13.5. The van der Waals surface area contributed by atoms with E-state index in [0.29, 0.717) is 12.1 Å². The smallest absolute Gasteiger partial charge is 0.229 e. The molecule has 0 bridgehead atoms. The number of carbonyl (C=O) groups excluding carboxylic acids is 2. The first kappa shape index (κ1) is 17.0. The molecule has 2 heterocycles. The van der Waals surface area contributed by atoms with Gasteiger partial charge in [0.05, 0.1) is 6.42 Å². The molecule has 0 saturated carbocycles. The monoisotopic (exact) mass is 355 g/mol. The fraction of sp³-hybridized carbons (Fsp3) is 0.158. The van der Waals surface area contributed by atoms with Crippen LogP contribution in [-0.2, 0) is 27.2 Å². The predicted octanol–water partition coefficient (Wildman–Crippen LogP) is 3.40. The number of rotatable bonds is 6. The van der Waals surface area contributed by atoms with E-state index < -0.39 is 0 Å². The molecular formula is C19H17NO4S. The summed E-state index contributed by atoms with van der Waals surface area (Å²) >= 11 is 1.54. The number of amides is 1. The van der Waals surface area contributed by atoms with Gasteiger partial charge in [0.1, 0.15) is 23.7 Å². The third-order valence-electron chi connectivity index (χ3n) is 3.75. The molecule has 0 aliphatic carbocycles. The van der Waals surface area contributed by atoms with Crippen molar-refractivity contribution in [2.45, 2.75) is 12.8 Å². The van der Waals surface area contributed by atoms with Gasteiger partial charge < -0.3 is 15.2 Å². The van der Waals surface area contributed by atoms with E-state index in [-0.39, 0.29) is 41.8 Å². The Bertz CT molecular complexity index is 835. The molecule has 0 atom stereocenters. The van der Waals surface area contributed by atoms with Crippen molar-refractivity contribution in [1.82, 2.24) is 0 Å². The molecule has 2 aromatic rings. The van der Waals surface area contributed by atoms with Crippen LogP contribution in [0.25, 0.3) is 0 Å².